The van der Waals surface area contributed by atoms with Crippen molar-refractivity contribution >= 4 is 16.9 Å². The predicted molar refractivity (Wildman–Crippen MR) is 58.7 cm³/mol. The van der Waals surface area contributed by atoms with E-state index >= 15 is 0 Å². The Balaban J connectivity index is 2.55. The summed E-state index contributed by atoms with van der Waals surface area (Å²) in [6.45, 7) is 0. The number of allylic oxidation sites excluding steroid dienone is 2. The van der Waals surface area contributed by atoms with E-state index in [-0.39, 0.29) is 0 Å². The minimum absolute atomic E-state index is 0.855. The van der Waals surface area contributed by atoms with Crippen LogP contribution in [0.15, 0.2) is 47.9 Å². The monoisotopic (exact) mass is 192 g/mol. The largest absolute Gasteiger partial charge is 0.255 e. The highest BCUT2D eigenvalue weighted by Crippen LogP contribution is 2.00. The minimum Gasteiger partial charge on any atom is -0.255 e. The molecule has 1 aromatic carbocycles. The molecule has 0 aromatic heterocycles. The van der Waals surface area contributed by atoms with Gasteiger partial charge < -0.3 is 0 Å². The highest BCUT2D eigenvalue weighted by atomic mass is 32.2. The summed E-state index contributed by atoms with van der Waals surface area (Å²) in [7, 11) is -0.855. The minimum atomic E-state index is -0.855. The summed E-state index contributed by atoms with van der Waals surface area (Å²) in [5.41, 5.74) is 1.15. The van der Waals surface area contributed by atoms with Crippen molar-refractivity contribution in [1.29, 1.82) is 0 Å². The average molecular weight is 192 g/mol. The van der Waals surface area contributed by atoms with Crippen LogP contribution in [0.5, 0.6) is 0 Å². The van der Waals surface area contributed by atoms with Crippen LogP contribution in [0.2, 0.25) is 0 Å². The molecule has 2 heteroatoms. The van der Waals surface area contributed by atoms with E-state index in [0.29, 0.717) is 0 Å². The maximum absolute atomic E-state index is 10.6. The van der Waals surface area contributed by atoms with Crippen LogP contribution in [0.1, 0.15) is 5.56 Å². The number of benzene rings is 1. The van der Waals surface area contributed by atoms with E-state index < -0.39 is 10.8 Å². The van der Waals surface area contributed by atoms with E-state index in [1.54, 1.807) is 17.7 Å². The highest BCUT2D eigenvalue weighted by molar-refractivity contribution is 7.87. The van der Waals surface area contributed by atoms with Gasteiger partial charge >= 0.3 is 0 Å². The van der Waals surface area contributed by atoms with E-state index in [1.165, 1.54) is 0 Å². The summed E-state index contributed by atoms with van der Waals surface area (Å²) in [5.74, 6) is 0. The lowest BCUT2D eigenvalue weighted by atomic mass is 10.2. The van der Waals surface area contributed by atoms with Gasteiger partial charge in [-0.2, -0.15) is 0 Å². The lowest BCUT2D eigenvalue weighted by Crippen LogP contribution is -1.72. The Morgan fingerprint density at radius 3 is 2.46 bits per heavy atom. The zero-order chi connectivity index (χ0) is 9.52. The first-order valence-corrected chi connectivity index (χ1v) is 5.63. The molecule has 68 valence electrons. The summed E-state index contributed by atoms with van der Waals surface area (Å²) in [4.78, 5) is 0. The van der Waals surface area contributed by atoms with E-state index in [0.717, 1.165) is 5.56 Å². The van der Waals surface area contributed by atoms with Crippen LogP contribution in [0, 0.1) is 0 Å². The van der Waals surface area contributed by atoms with Gasteiger partial charge in [-0.05, 0) is 5.56 Å². The van der Waals surface area contributed by atoms with Crippen molar-refractivity contribution < 1.29 is 4.21 Å². The molecule has 0 aliphatic heterocycles. The van der Waals surface area contributed by atoms with Crippen molar-refractivity contribution in [2.75, 3.05) is 6.26 Å². The lowest BCUT2D eigenvalue weighted by Gasteiger charge is -1.88. The van der Waals surface area contributed by atoms with Gasteiger partial charge in [0.2, 0.25) is 0 Å². The van der Waals surface area contributed by atoms with Crippen LogP contribution < -0.4 is 0 Å². The maximum Gasteiger partial charge on any atom is 0.0424 e. The van der Waals surface area contributed by atoms with E-state index in [1.807, 2.05) is 42.5 Å². The van der Waals surface area contributed by atoms with Crippen molar-refractivity contribution in [2.24, 2.45) is 0 Å². The first kappa shape index (κ1) is 9.93. The lowest BCUT2D eigenvalue weighted by molar-refractivity contribution is 0.691. The maximum atomic E-state index is 10.6. The molecule has 0 fully saturated rings. The third kappa shape index (κ3) is 4.43. The second kappa shape index (κ2) is 5.49. The van der Waals surface area contributed by atoms with Crippen LogP contribution in [-0.4, -0.2) is 10.5 Å². The molecule has 1 aromatic rings. The standard InChI is InChI=1S/C11H12OS/c1-13(12)10-6-5-9-11-7-3-2-4-8-11/h2-10H,1H3/b9-5+,10-6+. The van der Waals surface area contributed by atoms with Gasteiger partial charge in [-0.3, -0.25) is 4.21 Å². The molecule has 0 saturated heterocycles. The zero-order valence-corrected chi connectivity index (χ0v) is 8.33. The van der Waals surface area contributed by atoms with Crippen molar-refractivity contribution in [3.8, 4) is 0 Å². The van der Waals surface area contributed by atoms with Crippen molar-refractivity contribution in [1.82, 2.24) is 0 Å². The molecular formula is C11H12OS. The van der Waals surface area contributed by atoms with Crippen LogP contribution >= 0.6 is 0 Å². The fraction of sp³-hybridized carbons (Fsp3) is 0.0909. The van der Waals surface area contributed by atoms with Crippen LogP contribution in [0.3, 0.4) is 0 Å². The Morgan fingerprint density at radius 1 is 1.15 bits per heavy atom. The first-order valence-electron chi connectivity index (χ1n) is 4.01. The Bertz CT molecular complexity index is 325. The highest BCUT2D eigenvalue weighted by Gasteiger charge is 1.80. The fourth-order valence-electron chi connectivity index (χ4n) is 0.887. The molecular weight excluding hydrogens is 180 g/mol. The Hall–Kier alpha value is -1.15. The SMILES string of the molecule is CS(=O)/C=C/C=C/c1ccccc1. The number of hydrogen-bond donors (Lipinski definition) is 0. The molecule has 0 N–H and O–H groups in total. The third-order valence-electron chi connectivity index (χ3n) is 1.47. The van der Waals surface area contributed by atoms with Gasteiger partial charge in [-0.15, -0.1) is 0 Å². The van der Waals surface area contributed by atoms with Gasteiger partial charge in [0.15, 0.2) is 0 Å². The molecule has 0 spiro atoms. The average Bonchev–Trinajstić information content (AvgIpc) is 2.14. The molecule has 0 saturated carbocycles. The molecule has 0 aliphatic rings. The Kier molecular flexibility index (Phi) is 4.19. The van der Waals surface area contributed by atoms with E-state index in [4.69, 9.17) is 0 Å². The summed E-state index contributed by atoms with van der Waals surface area (Å²) < 4.78 is 10.6. The molecule has 1 rings (SSSR count). The molecule has 0 radical (unpaired) electrons. The first-order chi connectivity index (χ1) is 6.29. The third-order valence-corrected chi connectivity index (χ3v) is 2.01. The fourth-order valence-corrected chi connectivity index (χ4v) is 1.20. The van der Waals surface area contributed by atoms with Crippen molar-refractivity contribution in [2.45, 2.75) is 0 Å². The summed E-state index contributed by atoms with van der Waals surface area (Å²) in [5, 5.41) is 1.65. The van der Waals surface area contributed by atoms with Gasteiger partial charge in [0.25, 0.3) is 0 Å². The van der Waals surface area contributed by atoms with Crippen molar-refractivity contribution in [3.05, 3.63) is 53.5 Å². The molecule has 0 bridgehead atoms. The predicted octanol–water partition coefficient (Wildman–Crippen LogP) is 2.59. The normalized spacial score (nSPS) is 13.9. The molecule has 1 nitrogen and oxygen atoms in total. The topological polar surface area (TPSA) is 17.1 Å². The van der Waals surface area contributed by atoms with E-state index in [2.05, 4.69) is 0 Å². The Morgan fingerprint density at radius 2 is 1.85 bits per heavy atom. The van der Waals surface area contributed by atoms with Gasteiger partial charge in [-0.1, -0.05) is 48.6 Å². The van der Waals surface area contributed by atoms with Crippen LogP contribution in [-0.2, 0) is 10.8 Å². The summed E-state index contributed by atoms with van der Waals surface area (Å²) >= 11 is 0. The van der Waals surface area contributed by atoms with Crippen LogP contribution in [0.25, 0.3) is 6.08 Å². The second-order valence-electron chi connectivity index (χ2n) is 2.60. The molecule has 1 atom stereocenters. The van der Waals surface area contributed by atoms with Crippen molar-refractivity contribution in [3.63, 3.8) is 0 Å². The summed E-state index contributed by atoms with van der Waals surface area (Å²) in [6, 6.07) is 10.00. The summed E-state index contributed by atoms with van der Waals surface area (Å²) in [6.07, 6.45) is 7.30. The Labute approximate surface area is 81.3 Å². The van der Waals surface area contributed by atoms with Gasteiger partial charge in [0, 0.05) is 22.5 Å². The zero-order valence-electron chi connectivity index (χ0n) is 7.51. The molecule has 0 aliphatic carbocycles. The number of rotatable bonds is 3. The molecule has 0 amide bonds. The smallest absolute Gasteiger partial charge is 0.0424 e. The van der Waals surface area contributed by atoms with E-state index in [9.17, 15) is 4.21 Å². The van der Waals surface area contributed by atoms with Gasteiger partial charge in [0.05, 0.1) is 0 Å². The number of hydrogen-bond acceptors (Lipinski definition) is 1. The molecule has 0 heterocycles. The molecule has 1 unspecified atom stereocenters. The second-order valence-corrected chi connectivity index (χ2v) is 3.87. The van der Waals surface area contributed by atoms with Gasteiger partial charge in [-0.25, -0.2) is 0 Å². The quantitative estimate of drug-likeness (QED) is 0.673. The van der Waals surface area contributed by atoms with Gasteiger partial charge in [0.1, 0.15) is 0 Å². The van der Waals surface area contributed by atoms with Crippen LogP contribution in [0.4, 0.5) is 0 Å². The molecule has 13 heavy (non-hydrogen) atoms.